The molecular weight excluding hydrogens is 313 g/mol. The summed E-state index contributed by atoms with van der Waals surface area (Å²) in [5.41, 5.74) is 2.21. The SMILES string of the molecule is Cc1c(-c2c(F)c(F)c(F)c(F)c2F)cnc(N)c1[N+](=O)[O-]. The first kappa shape index (κ1) is 15.6. The van der Waals surface area contributed by atoms with Gasteiger partial charge in [0.05, 0.1) is 10.5 Å². The third-order valence-corrected chi connectivity index (χ3v) is 3.00. The van der Waals surface area contributed by atoms with Gasteiger partial charge in [-0.15, -0.1) is 0 Å². The van der Waals surface area contributed by atoms with Crippen LogP contribution in [0.5, 0.6) is 0 Å². The summed E-state index contributed by atoms with van der Waals surface area (Å²) in [5.74, 6) is -11.4. The number of pyridine rings is 1. The number of nitrogens with zero attached hydrogens (tertiary/aromatic N) is 2. The van der Waals surface area contributed by atoms with Crippen LogP contribution in [0.3, 0.4) is 0 Å². The molecule has 1 aromatic heterocycles. The zero-order chi connectivity index (χ0) is 16.8. The molecule has 2 N–H and O–H groups in total. The smallest absolute Gasteiger partial charge is 0.314 e. The third kappa shape index (κ3) is 2.12. The van der Waals surface area contributed by atoms with Crippen molar-refractivity contribution in [2.45, 2.75) is 6.92 Å². The number of anilines is 1. The van der Waals surface area contributed by atoms with Crippen LogP contribution in [0.15, 0.2) is 6.20 Å². The average molecular weight is 319 g/mol. The number of halogens is 5. The van der Waals surface area contributed by atoms with Crippen LogP contribution in [0.4, 0.5) is 33.5 Å². The van der Waals surface area contributed by atoms with Crippen LogP contribution in [-0.4, -0.2) is 9.91 Å². The van der Waals surface area contributed by atoms with Crippen molar-refractivity contribution in [2.75, 3.05) is 5.73 Å². The maximum absolute atomic E-state index is 13.8. The molecule has 116 valence electrons. The van der Waals surface area contributed by atoms with Gasteiger partial charge in [-0.2, -0.15) is 0 Å². The number of benzene rings is 1. The number of aromatic nitrogens is 1. The summed E-state index contributed by atoms with van der Waals surface area (Å²) in [4.78, 5) is 13.3. The molecule has 0 saturated heterocycles. The van der Waals surface area contributed by atoms with E-state index in [2.05, 4.69) is 4.98 Å². The normalized spacial score (nSPS) is 10.8. The highest BCUT2D eigenvalue weighted by molar-refractivity contribution is 5.75. The molecule has 0 saturated carbocycles. The largest absolute Gasteiger partial charge is 0.378 e. The highest BCUT2D eigenvalue weighted by atomic mass is 19.2. The number of hydrogen-bond acceptors (Lipinski definition) is 4. The van der Waals surface area contributed by atoms with E-state index in [0.29, 0.717) is 6.20 Å². The van der Waals surface area contributed by atoms with Crippen LogP contribution in [0.1, 0.15) is 5.56 Å². The lowest BCUT2D eigenvalue weighted by molar-refractivity contribution is -0.384. The third-order valence-electron chi connectivity index (χ3n) is 3.00. The van der Waals surface area contributed by atoms with Crippen molar-refractivity contribution in [1.29, 1.82) is 0 Å². The molecular formula is C12H6F5N3O2. The minimum Gasteiger partial charge on any atom is -0.378 e. The predicted molar refractivity (Wildman–Crippen MR) is 65.3 cm³/mol. The molecule has 5 nitrogen and oxygen atoms in total. The van der Waals surface area contributed by atoms with E-state index in [1.54, 1.807) is 0 Å². The van der Waals surface area contributed by atoms with Crippen molar-refractivity contribution < 1.29 is 26.9 Å². The summed E-state index contributed by atoms with van der Waals surface area (Å²) < 4.78 is 67.0. The zero-order valence-corrected chi connectivity index (χ0v) is 10.8. The summed E-state index contributed by atoms with van der Waals surface area (Å²) in [7, 11) is 0. The molecule has 0 fully saturated rings. The monoisotopic (exact) mass is 319 g/mol. The highest BCUT2D eigenvalue weighted by Gasteiger charge is 2.30. The number of nitrogens with two attached hydrogens (primary N) is 1. The van der Waals surface area contributed by atoms with E-state index in [0.717, 1.165) is 6.92 Å². The van der Waals surface area contributed by atoms with Crippen molar-refractivity contribution in [3.63, 3.8) is 0 Å². The molecule has 0 amide bonds. The quantitative estimate of drug-likeness (QED) is 0.303. The second kappa shape index (κ2) is 5.20. The van der Waals surface area contributed by atoms with E-state index in [1.165, 1.54) is 0 Å². The number of nitrogen functional groups attached to an aromatic ring is 1. The molecule has 0 atom stereocenters. The van der Waals surface area contributed by atoms with Crippen molar-refractivity contribution in [3.8, 4) is 11.1 Å². The van der Waals surface area contributed by atoms with Crippen molar-refractivity contribution >= 4 is 11.5 Å². The summed E-state index contributed by atoms with van der Waals surface area (Å²) in [6, 6.07) is 0. The maximum Gasteiger partial charge on any atom is 0.314 e. The summed E-state index contributed by atoms with van der Waals surface area (Å²) in [5, 5.41) is 10.9. The fraction of sp³-hybridized carbons (Fsp3) is 0.0833. The predicted octanol–water partition coefficient (Wildman–Crippen LogP) is 3.24. The molecule has 2 rings (SSSR count). The van der Waals surface area contributed by atoms with Gasteiger partial charge in [-0.3, -0.25) is 10.1 Å². The Morgan fingerprint density at radius 1 is 1.05 bits per heavy atom. The first-order chi connectivity index (χ1) is 10.2. The molecule has 0 bridgehead atoms. The number of nitro groups is 1. The molecule has 0 unspecified atom stereocenters. The van der Waals surface area contributed by atoms with Gasteiger partial charge in [0.2, 0.25) is 11.6 Å². The van der Waals surface area contributed by atoms with Crippen LogP contribution in [-0.2, 0) is 0 Å². The van der Waals surface area contributed by atoms with Gasteiger partial charge < -0.3 is 5.73 Å². The van der Waals surface area contributed by atoms with Gasteiger partial charge in [0, 0.05) is 17.3 Å². The first-order valence-electron chi connectivity index (χ1n) is 5.59. The van der Waals surface area contributed by atoms with Crippen molar-refractivity contribution in [3.05, 3.63) is 51.0 Å². The molecule has 1 heterocycles. The molecule has 0 aliphatic rings. The van der Waals surface area contributed by atoms with Gasteiger partial charge in [0.25, 0.3) is 0 Å². The molecule has 22 heavy (non-hydrogen) atoms. The Morgan fingerprint density at radius 2 is 1.50 bits per heavy atom. The molecule has 0 spiro atoms. The van der Waals surface area contributed by atoms with Crippen LogP contribution in [0.2, 0.25) is 0 Å². The van der Waals surface area contributed by atoms with Gasteiger partial charge in [0.1, 0.15) is 0 Å². The van der Waals surface area contributed by atoms with Crippen LogP contribution in [0.25, 0.3) is 11.1 Å². The fourth-order valence-electron chi connectivity index (χ4n) is 1.94. The minimum atomic E-state index is -2.32. The zero-order valence-electron chi connectivity index (χ0n) is 10.8. The fourth-order valence-corrected chi connectivity index (χ4v) is 1.94. The molecule has 2 aromatic rings. The summed E-state index contributed by atoms with van der Waals surface area (Å²) in [6.07, 6.45) is 0.704. The molecule has 1 aromatic carbocycles. The Bertz CT molecular complexity index is 781. The van der Waals surface area contributed by atoms with Crippen molar-refractivity contribution in [2.24, 2.45) is 0 Å². The van der Waals surface area contributed by atoms with E-state index in [4.69, 9.17) is 5.73 Å². The highest BCUT2D eigenvalue weighted by Crippen LogP contribution is 2.37. The molecule has 0 aliphatic heterocycles. The first-order valence-corrected chi connectivity index (χ1v) is 5.59. The Kier molecular flexibility index (Phi) is 3.69. The number of hydrogen-bond donors (Lipinski definition) is 1. The van der Waals surface area contributed by atoms with E-state index < -0.39 is 56.6 Å². The van der Waals surface area contributed by atoms with Crippen LogP contribution in [0, 0.1) is 46.1 Å². The summed E-state index contributed by atoms with van der Waals surface area (Å²) in [6.45, 7) is 1.06. The molecule has 0 radical (unpaired) electrons. The average Bonchev–Trinajstić information content (AvgIpc) is 2.45. The lowest BCUT2D eigenvalue weighted by Crippen LogP contribution is -2.07. The van der Waals surface area contributed by atoms with Crippen LogP contribution >= 0.6 is 0 Å². The van der Waals surface area contributed by atoms with Crippen LogP contribution < -0.4 is 5.73 Å². The van der Waals surface area contributed by atoms with Gasteiger partial charge in [-0.05, 0) is 6.92 Å². The second-order valence-corrected chi connectivity index (χ2v) is 4.23. The van der Waals surface area contributed by atoms with E-state index in [1.807, 2.05) is 0 Å². The van der Waals surface area contributed by atoms with Crippen molar-refractivity contribution in [1.82, 2.24) is 4.98 Å². The van der Waals surface area contributed by atoms with Gasteiger partial charge >= 0.3 is 5.69 Å². The Labute approximate surface area is 119 Å². The van der Waals surface area contributed by atoms with E-state index in [-0.39, 0.29) is 5.56 Å². The van der Waals surface area contributed by atoms with E-state index >= 15 is 0 Å². The lowest BCUT2D eigenvalue weighted by Gasteiger charge is -2.11. The standard InChI is InChI=1S/C12H6F5N3O2/c1-3-4(2-19-12(18)11(3)20(21)22)5-6(13)8(15)10(17)9(16)7(5)14/h2H,1H3,(H2,18,19). The Balaban J connectivity index is 2.90. The lowest BCUT2D eigenvalue weighted by atomic mass is 9.99. The van der Waals surface area contributed by atoms with Gasteiger partial charge in [-0.25, -0.2) is 26.9 Å². The maximum atomic E-state index is 13.8. The Morgan fingerprint density at radius 3 is 1.95 bits per heavy atom. The summed E-state index contributed by atoms with van der Waals surface area (Å²) >= 11 is 0. The topological polar surface area (TPSA) is 82.0 Å². The van der Waals surface area contributed by atoms with Gasteiger partial charge in [0.15, 0.2) is 23.3 Å². The Hall–Kier alpha value is -2.78. The van der Waals surface area contributed by atoms with E-state index in [9.17, 15) is 32.1 Å². The minimum absolute atomic E-state index is 0.374. The van der Waals surface area contributed by atoms with Gasteiger partial charge in [-0.1, -0.05) is 0 Å². The molecule has 10 heteroatoms. The second-order valence-electron chi connectivity index (χ2n) is 4.23. The molecule has 0 aliphatic carbocycles. The number of rotatable bonds is 2.